The average molecular weight is 165 g/mol. The number of anilines is 1. The van der Waals surface area contributed by atoms with Crippen molar-refractivity contribution in [3.8, 4) is 0 Å². The van der Waals surface area contributed by atoms with Crippen molar-refractivity contribution in [1.29, 1.82) is 0 Å². The Labute approximate surface area is 72.2 Å². The number of nitrogens with one attached hydrogen (secondary N) is 1. The van der Waals surface area contributed by atoms with Crippen LogP contribution in [0.1, 0.15) is 12.8 Å². The van der Waals surface area contributed by atoms with Crippen molar-refractivity contribution in [2.45, 2.75) is 23.8 Å². The van der Waals surface area contributed by atoms with Gasteiger partial charge in [0.25, 0.3) is 0 Å². The number of rotatable bonds is 2. The summed E-state index contributed by atoms with van der Waals surface area (Å²) in [6.07, 6.45) is 2.64. The summed E-state index contributed by atoms with van der Waals surface area (Å²) in [4.78, 5) is 1.02. The lowest BCUT2D eigenvalue weighted by molar-refractivity contribution is 1.15. The molecular weight excluding hydrogens is 154 g/mol. The van der Waals surface area contributed by atoms with Crippen molar-refractivity contribution in [3.63, 3.8) is 0 Å². The van der Waals surface area contributed by atoms with E-state index in [1.807, 2.05) is 12.1 Å². The standard InChI is InChI=1S/C9H11NS/c11-9-5-3-8(4-6-9)10-7-1-2-7/h3-7,10-11H,1-2H2. The topological polar surface area (TPSA) is 12.0 Å². The van der Waals surface area contributed by atoms with Gasteiger partial charge in [-0.15, -0.1) is 12.6 Å². The van der Waals surface area contributed by atoms with Crippen molar-refractivity contribution in [2.24, 2.45) is 0 Å². The van der Waals surface area contributed by atoms with Crippen molar-refractivity contribution in [3.05, 3.63) is 24.3 Å². The minimum atomic E-state index is 0.737. The van der Waals surface area contributed by atoms with E-state index in [4.69, 9.17) is 0 Å². The first-order valence-electron chi connectivity index (χ1n) is 3.90. The highest BCUT2D eigenvalue weighted by Gasteiger charge is 2.20. The smallest absolute Gasteiger partial charge is 0.0343 e. The van der Waals surface area contributed by atoms with Crippen molar-refractivity contribution < 1.29 is 0 Å². The molecule has 0 spiro atoms. The van der Waals surface area contributed by atoms with Gasteiger partial charge in [0.05, 0.1) is 0 Å². The molecule has 0 atom stereocenters. The molecule has 1 aromatic carbocycles. The zero-order valence-electron chi connectivity index (χ0n) is 6.25. The molecule has 0 aliphatic heterocycles. The third kappa shape index (κ3) is 1.90. The van der Waals surface area contributed by atoms with E-state index in [0.717, 1.165) is 10.9 Å². The number of hydrogen-bond acceptors (Lipinski definition) is 2. The first-order valence-corrected chi connectivity index (χ1v) is 4.35. The minimum absolute atomic E-state index is 0.737. The predicted octanol–water partition coefficient (Wildman–Crippen LogP) is 2.55. The Bertz CT molecular complexity index is 238. The third-order valence-electron chi connectivity index (χ3n) is 1.82. The van der Waals surface area contributed by atoms with Crippen LogP contribution in [0.4, 0.5) is 5.69 Å². The normalized spacial score (nSPS) is 16.5. The molecular formula is C9H11NS. The van der Waals surface area contributed by atoms with Gasteiger partial charge in [-0.3, -0.25) is 0 Å². The van der Waals surface area contributed by atoms with Crippen LogP contribution in [-0.2, 0) is 0 Å². The first-order chi connectivity index (χ1) is 5.34. The lowest BCUT2D eigenvalue weighted by atomic mass is 10.3. The van der Waals surface area contributed by atoms with Gasteiger partial charge in [-0.2, -0.15) is 0 Å². The van der Waals surface area contributed by atoms with Crippen LogP contribution >= 0.6 is 12.6 Å². The van der Waals surface area contributed by atoms with Crippen molar-refractivity contribution >= 4 is 18.3 Å². The molecule has 11 heavy (non-hydrogen) atoms. The second-order valence-electron chi connectivity index (χ2n) is 2.97. The summed E-state index contributed by atoms with van der Waals surface area (Å²) in [6.45, 7) is 0. The molecule has 0 radical (unpaired) electrons. The summed E-state index contributed by atoms with van der Waals surface area (Å²) in [5.41, 5.74) is 1.21. The summed E-state index contributed by atoms with van der Waals surface area (Å²) < 4.78 is 0. The molecule has 1 fully saturated rings. The summed E-state index contributed by atoms with van der Waals surface area (Å²) in [5.74, 6) is 0. The van der Waals surface area contributed by atoms with Crippen molar-refractivity contribution in [2.75, 3.05) is 5.32 Å². The van der Waals surface area contributed by atoms with E-state index in [0.29, 0.717) is 0 Å². The summed E-state index contributed by atoms with van der Waals surface area (Å²) >= 11 is 4.21. The Kier molecular flexibility index (Phi) is 1.78. The summed E-state index contributed by atoms with van der Waals surface area (Å²) in [6, 6.07) is 8.89. The highest BCUT2D eigenvalue weighted by Crippen LogP contribution is 2.24. The molecule has 0 heterocycles. The fourth-order valence-corrected chi connectivity index (χ4v) is 1.17. The van der Waals surface area contributed by atoms with Gasteiger partial charge in [0.1, 0.15) is 0 Å². The van der Waals surface area contributed by atoms with Crippen LogP contribution in [0, 0.1) is 0 Å². The van der Waals surface area contributed by atoms with Gasteiger partial charge in [0.15, 0.2) is 0 Å². The molecule has 1 aliphatic rings. The van der Waals surface area contributed by atoms with Gasteiger partial charge in [-0.25, -0.2) is 0 Å². The molecule has 0 aromatic heterocycles. The molecule has 1 aromatic rings. The predicted molar refractivity (Wildman–Crippen MR) is 50.3 cm³/mol. The van der Waals surface area contributed by atoms with Gasteiger partial charge < -0.3 is 5.32 Å². The van der Waals surface area contributed by atoms with E-state index < -0.39 is 0 Å². The highest BCUT2D eigenvalue weighted by atomic mass is 32.1. The maximum absolute atomic E-state index is 4.21. The Hall–Kier alpha value is -0.630. The second-order valence-corrected chi connectivity index (χ2v) is 3.48. The molecule has 1 aliphatic carbocycles. The molecule has 1 N–H and O–H groups in total. The Morgan fingerprint density at radius 1 is 1.18 bits per heavy atom. The molecule has 1 saturated carbocycles. The van der Waals surface area contributed by atoms with Crippen LogP contribution in [-0.4, -0.2) is 6.04 Å². The number of hydrogen-bond donors (Lipinski definition) is 2. The second kappa shape index (κ2) is 2.78. The number of thiol groups is 1. The fraction of sp³-hybridized carbons (Fsp3) is 0.333. The molecule has 0 bridgehead atoms. The molecule has 1 nitrogen and oxygen atoms in total. The third-order valence-corrected chi connectivity index (χ3v) is 2.11. The minimum Gasteiger partial charge on any atom is -0.382 e. The average Bonchev–Trinajstić information content (AvgIpc) is 2.78. The van der Waals surface area contributed by atoms with Crippen LogP contribution in [0.25, 0.3) is 0 Å². The van der Waals surface area contributed by atoms with E-state index in [1.54, 1.807) is 0 Å². The lowest BCUT2D eigenvalue weighted by Gasteiger charge is -2.02. The monoisotopic (exact) mass is 165 g/mol. The van der Waals surface area contributed by atoms with Crippen LogP contribution in [0.2, 0.25) is 0 Å². The zero-order chi connectivity index (χ0) is 7.68. The van der Waals surface area contributed by atoms with Gasteiger partial charge in [-0.05, 0) is 37.1 Å². The molecule has 0 unspecified atom stereocenters. The molecule has 0 saturated heterocycles. The van der Waals surface area contributed by atoms with Gasteiger partial charge in [-0.1, -0.05) is 0 Å². The SMILES string of the molecule is Sc1ccc(NC2CC2)cc1. The van der Waals surface area contributed by atoms with Gasteiger partial charge >= 0.3 is 0 Å². The van der Waals surface area contributed by atoms with Crippen LogP contribution in [0.3, 0.4) is 0 Å². The Morgan fingerprint density at radius 3 is 2.36 bits per heavy atom. The van der Waals surface area contributed by atoms with E-state index in [9.17, 15) is 0 Å². The molecule has 0 amide bonds. The summed E-state index contributed by atoms with van der Waals surface area (Å²) in [5, 5.41) is 3.41. The van der Waals surface area contributed by atoms with E-state index in [2.05, 4.69) is 30.1 Å². The van der Waals surface area contributed by atoms with Gasteiger partial charge in [0, 0.05) is 16.6 Å². The van der Waals surface area contributed by atoms with Crippen LogP contribution < -0.4 is 5.32 Å². The maximum Gasteiger partial charge on any atom is 0.0343 e. The van der Waals surface area contributed by atoms with Gasteiger partial charge in [0.2, 0.25) is 0 Å². The van der Waals surface area contributed by atoms with E-state index >= 15 is 0 Å². The largest absolute Gasteiger partial charge is 0.382 e. The zero-order valence-corrected chi connectivity index (χ0v) is 7.14. The molecule has 2 rings (SSSR count). The lowest BCUT2D eigenvalue weighted by Crippen LogP contribution is -1.99. The highest BCUT2D eigenvalue weighted by molar-refractivity contribution is 7.80. The first kappa shape index (κ1) is 7.04. The fourth-order valence-electron chi connectivity index (χ4n) is 1.02. The van der Waals surface area contributed by atoms with Crippen molar-refractivity contribution in [1.82, 2.24) is 0 Å². The molecule has 2 heteroatoms. The summed E-state index contributed by atoms with van der Waals surface area (Å²) in [7, 11) is 0. The molecule has 58 valence electrons. The van der Waals surface area contributed by atoms with E-state index in [1.165, 1.54) is 18.5 Å². The number of benzene rings is 1. The van der Waals surface area contributed by atoms with E-state index in [-0.39, 0.29) is 0 Å². The maximum atomic E-state index is 4.21. The Balaban J connectivity index is 2.06. The Morgan fingerprint density at radius 2 is 1.82 bits per heavy atom. The quantitative estimate of drug-likeness (QED) is 0.642. The van der Waals surface area contributed by atoms with Crippen LogP contribution in [0.15, 0.2) is 29.2 Å². The van der Waals surface area contributed by atoms with Crippen LogP contribution in [0.5, 0.6) is 0 Å².